The molecule has 1 saturated carbocycles. The Morgan fingerprint density at radius 3 is 2.45 bits per heavy atom. The van der Waals surface area contributed by atoms with E-state index < -0.39 is 11.7 Å². The van der Waals surface area contributed by atoms with Gasteiger partial charge in [0.05, 0.1) is 6.61 Å². The van der Waals surface area contributed by atoms with Crippen LogP contribution in [-0.4, -0.2) is 70.3 Å². The lowest BCUT2D eigenvalue weighted by Crippen LogP contribution is -2.50. The Kier molecular flexibility index (Phi) is 10.2. The summed E-state index contributed by atoms with van der Waals surface area (Å²) in [5, 5.41) is 5.88. The van der Waals surface area contributed by atoms with Crippen molar-refractivity contribution in [1.29, 1.82) is 0 Å². The number of ether oxygens (including phenoxy) is 2. The smallest absolute Gasteiger partial charge is 0.412 e. The molecule has 1 saturated heterocycles. The van der Waals surface area contributed by atoms with Gasteiger partial charge in [-0.2, -0.15) is 4.98 Å². The average molecular weight is 553 g/mol. The Morgan fingerprint density at radius 1 is 1.07 bits per heavy atom. The van der Waals surface area contributed by atoms with Crippen LogP contribution < -0.4 is 10.6 Å². The van der Waals surface area contributed by atoms with E-state index in [0.29, 0.717) is 44.0 Å². The molecule has 0 radical (unpaired) electrons. The number of hydrogen-bond acceptors (Lipinski definition) is 8. The largest absolute Gasteiger partial charge is 0.449 e. The van der Waals surface area contributed by atoms with Crippen molar-refractivity contribution in [1.82, 2.24) is 19.8 Å². The lowest BCUT2D eigenvalue weighted by Gasteiger charge is -2.40. The molecule has 40 heavy (non-hydrogen) atoms. The van der Waals surface area contributed by atoms with Crippen molar-refractivity contribution in [3.05, 3.63) is 47.7 Å². The molecule has 2 aliphatic rings. The summed E-state index contributed by atoms with van der Waals surface area (Å²) < 4.78 is 10.7. The van der Waals surface area contributed by atoms with E-state index >= 15 is 0 Å². The summed E-state index contributed by atoms with van der Waals surface area (Å²) in [6.07, 6.45) is 6.42. The molecule has 1 atom stereocenters. The quantitative estimate of drug-likeness (QED) is 0.335. The summed E-state index contributed by atoms with van der Waals surface area (Å²) >= 11 is 0. The van der Waals surface area contributed by atoms with Crippen molar-refractivity contribution in [2.24, 2.45) is 5.92 Å². The van der Waals surface area contributed by atoms with E-state index in [9.17, 15) is 9.59 Å². The Morgan fingerprint density at radius 2 is 1.80 bits per heavy atom. The lowest BCUT2D eigenvalue weighted by molar-refractivity contribution is 0.00941. The highest BCUT2D eigenvalue weighted by Crippen LogP contribution is 2.40. The van der Waals surface area contributed by atoms with Crippen LogP contribution in [0, 0.1) is 5.92 Å². The van der Waals surface area contributed by atoms with Crippen LogP contribution in [0.4, 0.5) is 21.4 Å². The predicted molar refractivity (Wildman–Crippen MR) is 155 cm³/mol. The average Bonchev–Trinajstić information content (AvgIpc) is 3.75. The zero-order valence-electron chi connectivity index (χ0n) is 24.3. The summed E-state index contributed by atoms with van der Waals surface area (Å²) in [4.78, 5) is 37.4. The first-order valence-electron chi connectivity index (χ1n) is 14.5. The van der Waals surface area contributed by atoms with E-state index in [1.54, 1.807) is 12.3 Å². The van der Waals surface area contributed by atoms with Gasteiger partial charge < -0.3 is 19.7 Å². The fraction of sp³-hybridized carbons (Fsp3) is 0.600. The number of aromatic nitrogens is 2. The van der Waals surface area contributed by atoms with Gasteiger partial charge >= 0.3 is 12.2 Å². The highest BCUT2D eigenvalue weighted by atomic mass is 16.6. The van der Waals surface area contributed by atoms with Crippen molar-refractivity contribution in [2.45, 2.75) is 78.0 Å². The summed E-state index contributed by atoms with van der Waals surface area (Å²) in [6, 6.07) is 10.7. The fourth-order valence-corrected chi connectivity index (χ4v) is 4.71. The molecule has 0 spiro atoms. The topological polar surface area (TPSA) is 109 Å². The monoisotopic (exact) mass is 552 g/mol. The van der Waals surface area contributed by atoms with E-state index in [2.05, 4.69) is 49.8 Å². The van der Waals surface area contributed by atoms with Crippen LogP contribution in [0.25, 0.3) is 0 Å². The van der Waals surface area contributed by atoms with Crippen molar-refractivity contribution in [3.8, 4) is 0 Å². The van der Waals surface area contributed by atoms with Gasteiger partial charge in [-0.3, -0.25) is 10.2 Å². The van der Waals surface area contributed by atoms with Crippen LogP contribution in [0.1, 0.15) is 77.0 Å². The molecule has 2 amide bonds. The van der Waals surface area contributed by atoms with Gasteiger partial charge in [-0.1, -0.05) is 50.5 Å². The van der Waals surface area contributed by atoms with Crippen molar-refractivity contribution in [3.63, 3.8) is 0 Å². The molecule has 0 bridgehead atoms. The van der Waals surface area contributed by atoms with E-state index in [4.69, 9.17) is 9.47 Å². The number of amides is 2. The maximum atomic E-state index is 12.5. The number of nitrogens with one attached hydrogen (secondary N) is 2. The standard InChI is InChI=1S/C30H44N6O4/c1-5-6-19-39-28(37)34-26-13-14-31-27(33-26)32-21-23-9-11-24(12-10-23)25(20-22-7-8-22)35-15-17-36(18-16-35)29(38)40-30(2,3)4/h9-14,22,25H,5-8,15-21H2,1-4H3,(H2,31,32,33,34,37). The second-order valence-corrected chi connectivity index (χ2v) is 11.7. The van der Waals surface area contributed by atoms with Crippen LogP contribution in [0.5, 0.6) is 0 Å². The third-order valence-electron chi connectivity index (χ3n) is 7.09. The Labute approximate surface area is 237 Å². The maximum absolute atomic E-state index is 12.5. The van der Waals surface area contributed by atoms with Gasteiger partial charge in [-0.05, 0) is 56.7 Å². The number of benzene rings is 1. The number of anilines is 2. The van der Waals surface area contributed by atoms with Gasteiger partial charge in [-0.25, -0.2) is 14.6 Å². The molecule has 10 heteroatoms. The molecule has 1 aliphatic carbocycles. The molecular weight excluding hydrogens is 508 g/mol. The molecule has 2 aromatic rings. The third kappa shape index (κ3) is 9.36. The third-order valence-corrected chi connectivity index (χ3v) is 7.09. The Bertz CT molecular complexity index is 1110. The van der Waals surface area contributed by atoms with E-state index in [0.717, 1.165) is 43.8 Å². The molecule has 1 aromatic heterocycles. The van der Waals surface area contributed by atoms with Crippen LogP contribution in [0.3, 0.4) is 0 Å². The van der Waals surface area contributed by atoms with Gasteiger partial charge in [0.2, 0.25) is 5.95 Å². The summed E-state index contributed by atoms with van der Waals surface area (Å²) in [5.41, 5.74) is 1.95. The molecule has 2 fully saturated rings. The highest BCUT2D eigenvalue weighted by Gasteiger charge is 2.33. The van der Waals surface area contributed by atoms with Crippen molar-refractivity contribution >= 4 is 24.0 Å². The van der Waals surface area contributed by atoms with Crippen molar-refractivity contribution in [2.75, 3.05) is 43.4 Å². The van der Waals surface area contributed by atoms with Gasteiger partial charge in [0, 0.05) is 45.0 Å². The second-order valence-electron chi connectivity index (χ2n) is 11.7. The highest BCUT2D eigenvalue weighted by molar-refractivity contribution is 5.83. The summed E-state index contributed by atoms with van der Waals surface area (Å²) in [7, 11) is 0. The van der Waals surface area contributed by atoms with Gasteiger partial charge in [0.15, 0.2) is 0 Å². The van der Waals surface area contributed by atoms with E-state index in [1.165, 1.54) is 18.4 Å². The van der Waals surface area contributed by atoms with Crippen LogP contribution in [0.2, 0.25) is 0 Å². The normalized spacial score (nSPS) is 16.8. The van der Waals surface area contributed by atoms with Gasteiger partial charge in [0.25, 0.3) is 0 Å². The molecule has 10 nitrogen and oxygen atoms in total. The van der Waals surface area contributed by atoms with E-state index in [1.807, 2.05) is 32.6 Å². The minimum atomic E-state index is -0.513. The number of nitrogens with zero attached hydrogens (tertiary/aromatic N) is 4. The Balaban J connectivity index is 1.30. The SMILES string of the molecule is CCCCOC(=O)Nc1ccnc(NCc2ccc(C(CC3CC3)N3CCN(C(=O)OC(C)(C)C)CC3)cc2)n1. The number of carbonyl (C=O) groups is 2. The molecule has 2 N–H and O–H groups in total. The van der Waals surface area contributed by atoms with Crippen LogP contribution in [-0.2, 0) is 16.0 Å². The second kappa shape index (κ2) is 13.8. The first kappa shape index (κ1) is 29.6. The number of rotatable bonds is 11. The molecule has 1 aliphatic heterocycles. The minimum absolute atomic E-state index is 0.222. The number of carbonyl (C=O) groups excluding carboxylic acids is 2. The molecule has 2 heterocycles. The summed E-state index contributed by atoms with van der Waals surface area (Å²) in [6.45, 7) is 11.8. The Hall–Kier alpha value is -3.40. The van der Waals surface area contributed by atoms with Crippen molar-refractivity contribution < 1.29 is 19.1 Å². The first-order valence-corrected chi connectivity index (χ1v) is 14.5. The summed E-state index contributed by atoms with van der Waals surface area (Å²) in [5.74, 6) is 1.62. The van der Waals surface area contributed by atoms with Crippen LogP contribution in [0.15, 0.2) is 36.5 Å². The minimum Gasteiger partial charge on any atom is -0.449 e. The molecule has 4 rings (SSSR count). The number of hydrogen-bond donors (Lipinski definition) is 2. The molecular formula is C30H44N6O4. The lowest BCUT2D eigenvalue weighted by atomic mass is 9.97. The maximum Gasteiger partial charge on any atom is 0.412 e. The zero-order valence-corrected chi connectivity index (χ0v) is 24.3. The zero-order chi connectivity index (χ0) is 28.5. The molecule has 218 valence electrons. The molecule has 1 aromatic carbocycles. The van der Waals surface area contributed by atoms with Crippen LogP contribution >= 0.6 is 0 Å². The van der Waals surface area contributed by atoms with Gasteiger partial charge in [-0.15, -0.1) is 0 Å². The van der Waals surface area contributed by atoms with E-state index in [-0.39, 0.29) is 6.09 Å². The predicted octanol–water partition coefficient (Wildman–Crippen LogP) is 5.83. The van der Waals surface area contributed by atoms with Gasteiger partial charge in [0.1, 0.15) is 11.4 Å². The first-order chi connectivity index (χ1) is 19.2. The number of unbranched alkanes of at least 4 members (excludes halogenated alkanes) is 1. The fourth-order valence-electron chi connectivity index (χ4n) is 4.71. The molecule has 1 unspecified atom stereocenters. The number of piperazine rings is 1.